The van der Waals surface area contributed by atoms with E-state index in [9.17, 15) is 4.39 Å². The van der Waals surface area contributed by atoms with Crippen LogP contribution in [0.3, 0.4) is 0 Å². The van der Waals surface area contributed by atoms with Crippen LogP contribution in [0, 0.1) is 11.2 Å². The zero-order valence-corrected chi connectivity index (χ0v) is 13.4. The van der Waals surface area contributed by atoms with Crippen molar-refractivity contribution in [1.82, 2.24) is 4.90 Å². The molecule has 1 aliphatic rings. The van der Waals surface area contributed by atoms with Crippen LogP contribution in [0.1, 0.15) is 57.6 Å². The van der Waals surface area contributed by atoms with Crippen molar-refractivity contribution in [3.63, 3.8) is 0 Å². The summed E-state index contributed by atoms with van der Waals surface area (Å²) in [6.45, 7) is 8.01. The Morgan fingerprint density at radius 3 is 2.48 bits per heavy atom. The fraction of sp³-hybridized carbons (Fsp3) is 0.667. The Morgan fingerprint density at radius 2 is 1.90 bits per heavy atom. The molecule has 21 heavy (non-hydrogen) atoms. The Morgan fingerprint density at radius 1 is 1.24 bits per heavy atom. The van der Waals surface area contributed by atoms with Gasteiger partial charge >= 0.3 is 0 Å². The van der Waals surface area contributed by atoms with E-state index in [-0.39, 0.29) is 11.9 Å². The molecule has 118 valence electrons. The van der Waals surface area contributed by atoms with Gasteiger partial charge in [0.05, 0.1) is 0 Å². The molecular weight excluding hydrogens is 263 g/mol. The number of halogens is 1. The Balaban J connectivity index is 1.79. The van der Waals surface area contributed by atoms with Gasteiger partial charge in [0.1, 0.15) is 5.82 Å². The van der Waals surface area contributed by atoms with Crippen LogP contribution in [0.2, 0.25) is 0 Å². The standard InChI is InChI=1S/C18H29FN2/c1-3-18(4-2)9-12-21(13-10-18)11-8-17(20)15-6-5-7-16(19)14-15/h5-7,14,17H,3-4,8-13,20H2,1-2H3. The number of nitrogens with two attached hydrogens (primary N) is 1. The molecule has 0 radical (unpaired) electrons. The fourth-order valence-corrected chi connectivity index (χ4v) is 3.43. The third-order valence-electron chi connectivity index (χ3n) is 5.45. The lowest BCUT2D eigenvalue weighted by atomic mass is 9.74. The van der Waals surface area contributed by atoms with Crippen LogP contribution in [0.4, 0.5) is 4.39 Å². The number of nitrogens with zero attached hydrogens (tertiary/aromatic N) is 1. The van der Waals surface area contributed by atoms with E-state index < -0.39 is 0 Å². The van der Waals surface area contributed by atoms with E-state index in [1.807, 2.05) is 6.07 Å². The maximum atomic E-state index is 13.2. The van der Waals surface area contributed by atoms with Crippen molar-refractivity contribution in [2.45, 2.75) is 52.0 Å². The van der Waals surface area contributed by atoms with E-state index in [0.29, 0.717) is 5.41 Å². The minimum Gasteiger partial charge on any atom is -0.324 e. The minimum absolute atomic E-state index is 0.0651. The van der Waals surface area contributed by atoms with E-state index in [4.69, 9.17) is 5.73 Å². The smallest absolute Gasteiger partial charge is 0.123 e. The minimum atomic E-state index is -0.198. The number of piperidine rings is 1. The normalized spacial score (nSPS) is 20.4. The van der Waals surface area contributed by atoms with Crippen LogP contribution < -0.4 is 5.73 Å². The zero-order chi connectivity index (χ0) is 15.3. The summed E-state index contributed by atoms with van der Waals surface area (Å²) in [6.07, 6.45) is 6.08. The molecule has 0 amide bonds. The summed E-state index contributed by atoms with van der Waals surface area (Å²) in [5, 5.41) is 0. The van der Waals surface area contributed by atoms with Crippen LogP contribution in [-0.4, -0.2) is 24.5 Å². The van der Waals surface area contributed by atoms with Gasteiger partial charge in [0, 0.05) is 6.04 Å². The first-order chi connectivity index (χ1) is 10.1. The summed E-state index contributed by atoms with van der Waals surface area (Å²) >= 11 is 0. The average Bonchev–Trinajstić information content (AvgIpc) is 2.53. The maximum absolute atomic E-state index is 13.2. The van der Waals surface area contributed by atoms with Crippen molar-refractivity contribution in [3.8, 4) is 0 Å². The molecule has 1 unspecified atom stereocenters. The monoisotopic (exact) mass is 292 g/mol. The number of benzene rings is 1. The Labute approximate surface area is 128 Å². The molecule has 0 saturated carbocycles. The summed E-state index contributed by atoms with van der Waals surface area (Å²) in [7, 11) is 0. The molecular formula is C18H29FN2. The molecule has 1 aliphatic heterocycles. The number of hydrogen-bond donors (Lipinski definition) is 1. The predicted molar refractivity (Wildman–Crippen MR) is 86.6 cm³/mol. The summed E-state index contributed by atoms with van der Waals surface area (Å²) in [6, 6.07) is 6.62. The van der Waals surface area contributed by atoms with Crippen molar-refractivity contribution < 1.29 is 4.39 Å². The van der Waals surface area contributed by atoms with Crippen LogP contribution >= 0.6 is 0 Å². The van der Waals surface area contributed by atoms with Gasteiger partial charge in [0.25, 0.3) is 0 Å². The van der Waals surface area contributed by atoms with Gasteiger partial charge in [-0.3, -0.25) is 0 Å². The summed E-state index contributed by atoms with van der Waals surface area (Å²) in [5.74, 6) is -0.198. The first-order valence-corrected chi connectivity index (χ1v) is 8.32. The lowest BCUT2D eigenvalue weighted by molar-refractivity contribution is 0.0934. The van der Waals surface area contributed by atoms with Crippen LogP contribution in [-0.2, 0) is 0 Å². The van der Waals surface area contributed by atoms with Gasteiger partial charge in [-0.1, -0.05) is 38.8 Å². The molecule has 0 aliphatic carbocycles. The lowest BCUT2D eigenvalue weighted by Gasteiger charge is -2.41. The van der Waals surface area contributed by atoms with Crippen molar-refractivity contribution in [1.29, 1.82) is 0 Å². The molecule has 3 heteroatoms. The summed E-state index contributed by atoms with van der Waals surface area (Å²) in [5.41, 5.74) is 7.67. The Kier molecular flexibility index (Phi) is 5.77. The molecule has 1 aromatic carbocycles. The first-order valence-electron chi connectivity index (χ1n) is 8.32. The van der Waals surface area contributed by atoms with Crippen molar-refractivity contribution in [2.24, 2.45) is 11.1 Å². The number of hydrogen-bond acceptors (Lipinski definition) is 2. The van der Waals surface area contributed by atoms with Gasteiger partial charge in [-0.25, -0.2) is 4.39 Å². The quantitative estimate of drug-likeness (QED) is 0.854. The SMILES string of the molecule is CCC1(CC)CCN(CCC(N)c2cccc(F)c2)CC1. The van der Waals surface area contributed by atoms with Gasteiger partial charge in [-0.2, -0.15) is 0 Å². The molecule has 0 aromatic heterocycles. The van der Waals surface area contributed by atoms with Gasteiger partial charge < -0.3 is 10.6 Å². The molecule has 1 heterocycles. The molecule has 2 rings (SSSR count). The molecule has 2 nitrogen and oxygen atoms in total. The number of rotatable bonds is 6. The van der Waals surface area contributed by atoms with E-state index in [1.165, 1.54) is 44.8 Å². The van der Waals surface area contributed by atoms with Crippen molar-refractivity contribution in [2.75, 3.05) is 19.6 Å². The lowest BCUT2D eigenvalue weighted by Crippen LogP contribution is -2.40. The van der Waals surface area contributed by atoms with E-state index in [1.54, 1.807) is 12.1 Å². The Hall–Kier alpha value is -0.930. The molecule has 0 bridgehead atoms. The van der Waals surface area contributed by atoms with Crippen molar-refractivity contribution in [3.05, 3.63) is 35.6 Å². The van der Waals surface area contributed by atoms with E-state index in [2.05, 4.69) is 18.7 Å². The number of likely N-dealkylation sites (tertiary alicyclic amines) is 1. The summed E-state index contributed by atoms with van der Waals surface area (Å²) < 4.78 is 13.2. The largest absolute Gasteiger partial charge is 0.324 e. The molecule has 0 spiro atoms. The van der Waals surface area contributed by atoms with Gasteiger partial charge in [-0.05, 0) is 62.0 Å². The highest BCUT2D eigenvalue weighted by molar-refractivity contribution is 5.19. The molecule has 1 atom stereocenters. The third kappa shape index (κ3) is 4.27. The zero-order valence-electron chi connectivity index (χ0n) is 13.4. The van der Waals surface area contributed by atoms with Crippen LogP contribution in [0.15, 0.2) is 24.3 Å². The van der Waals surface area contributed by atoms with Gasteiger partial charge in [0.2, 0.25) is 0 Å². The fourth-order valence-electron chi connectivity index (χ4n) is 3.43. The average molecular weight is 292 g/mol. The second-order valence-electron chi connectivity index (χ2n) is 6.50. The predicted octanol–water partition coefficient (Wildman–Crippen LogP) is 4.12. The highest BCUT2D eigenvalue weighted by atomic mass is 19.1. The molecule has 1 aromatic rings. The maximum Gasteiger partial charge on any atom is 0.123 e. The molecule has 1 fully saturated rings. The highest BCUT2D eigenvalue weighted by Crippen LogP contribution is 2.37. The van der Waals surface area contributed by atoms with Crippen LogP contribution in [0.25, 0.3) is 0 Å². The topological polar surface area (TPSA) is 29.3 Å². The van der Waals surface area contributed by atoms with Gasteiger partial charge in [-0.15, -0.1) is 0 Å². The van der Waals surface area contributed by atoms with Crippen LogP contribution in [0.5, 0.6) is 0 Å². The van der Waals surface area contributed by atoms with E-state index in [0.717, 1.165) is 18.5 Å². The highest BCUT2D eigenvalue weighted by Gasteiger charge is 2.30. The second kappa shape index (κ2) is 7.37. The Bertz CT molecular complexity index is 433. The first kappa shape index (κ1) is 16.4. The second-order valence-corrected chi connectivity index (χ2v) is 6.50. The summed E-state index contributed by atoms with van der Waals surface area (Å²) in [4.78, 5) is 2.52. The molecule has 1 saturated heterocycles. The van der Waals surface area contributed by atoms with E-state index >= 15 is 0 Å². The molecule has 2 N–H and O–H groups in total. The van der Waals surface area contributed by atoms with Gasteiger partial charge in [0.15, 0.2) is 0 Å². The third-order valence-corrected chi connectivity index (χ3v) is 5.45. The van der Waals surface area contributed by atoms with Crippen molar-refractivity contribution >= 4 is 0 Å².